The van der Waals surface area contributed by atoms with Crippen molar-refractivity contribution in [2.75, 3.05) is 12.0 Å². The fraction of sp³-hybridized carbons (Fsp3) is 0.222. The molecule has 0 radical (unpaired) electrons. The van der Waals surface area contributed by atoms with Crippen molar-refractivity contribution in [2.45, 2.75) is 6.92 Å². The van der Waals surface area contributed by atoms with Crippen molar-refractivity contribution in [2.24, 2.45) is 5.84 Å². The number of aldehydes is 1. The smallest absolute Gasteiger partial charge is 0.152 e. The average molecular weight is 180 g/mol. The van der Waals surface area contributed by atoms with Gasteiger partial charge in [-0.2, -0.15) is 0 Å². The van der Waals surface area contributed by atoms with Gasteiger partial charge in [-0.05, 0) is 19.1 Å². The second kappa shape index (κ2) is 4.47. The van der Waals surface area contributed by atoms with E-state index in [0.29, 0.717) is 23.6 Å². The number of carbonyl (C=O) groups excluding carboxylic acids is 1. The Labute approximate surface area is 76.7 Å². The van der Waals surface area contributed by atoms with Crippen LogP contribution in [0.15, 0.2) is 18.2 Å². The highest BCUT2D eigenvalue weighted by Crippen LogP contribution is 2.26. The molecule has 1 aromatic carbocycles. The summed E-state index contributed by atoms with van der Waals surface area (Å²) in [5, 5.41) is 0. The first-order chi connectivity index (χ1) is 6.33. The first kappa shape index (κ1) is 9.54. The first-order valence-corrected chi connectivity index (χ1v) is 4.01. The third-order valence-electron chi connectivity index (χ3n) is 1.63. The molecule has 3 N–H and O–H groups in total. The van der Waals surface area contributed by atoms with Crippen molar-refractivity contribution in [3.05, 3.63) is 23.8 Å². The van der Waals surface area contributed by atoms with Crippen molar-refractivity contribution in [3.8, 4) is 5.75 Å². The number of benzene rings is 1. The molecule has 70 valence electrons. The highest BCUT2D eigenvalue weighted by atomic mass is 16.5. The van der Waals surface area contributed by atoms with Crippen LogP contribution in [-0.4, -0.2) is 12.9 Å². The molecule has 0 saturated carbocycles. The lowest BCUT2D eigenvalue weighted by atomic mass is 10.2. The Kier molecular flexibility index (Phi) is 3.28. The Morgan fingerprint density at radius 2 is 2.38 bits per heavy atom. The molecule has 0 saturated heterocycles. The Bertz CT molecular complexity index is 300. The lowest BCUT2D eigenvalue weighted by molar-refractivity contribution is 0.112. The summed E-state index contributed by atoms with van der Waals surface area (Å²) in [5.41, 5.74) is 3.46. The van der Waals surface area contributed by atoms with Crippen LogP contribution in [0.25, 0.3) is 0 Å². The van der Waals surface area contributed by atoms with Crippen LogP contribution in [0.4, 0.5) is 5.69 Å². The number of nitrogen functional groups attached to an aromatic ring is 1. The van der Waals surface area contributed by atoms with Gasteiger partial charge in [-0.25, -0.2) is 0 Å². The predicted molar refractivity (Wildman–Crippen MR) is 50.8 cm³/mol. The standard InChI is InChI=1S/C9H12N2O2/c1-2-13-8-5-3-4-7(6-12)9(8)11-10/h3-6,11H,2,10H2,1H3. The van der Waals surface area contributed by atoms with Crippen LogP contribution in [0.3, 0.4) is 0 Å². The van der Waals surface area contributed by atoms with Gasteiger partial charge in [0.25, 0.3) is 0 Å². The second-order valence-electron chi connectivity index (χ2n) is 2.42. The van der Waals surface area contributed by atoms with E-state index in [9.17, 15) is 4.79 Å². The van der Waals surface area contributed by atoms with E-state index in [1.165, 1.54) is 0 Å². The van der Waals surface area contributed by atoms with E-state index in [4.69, 9.17) is 10.6 Å². The Morgan fingerprint density at radius 3 is 2.92 bits per heavy atom. The van der Waals surface area contributed by atoms with Gasteiger partial charge in [-0.15, -0.1) is 0 Å². The summed E-state index contributed by atoms with van der Waals surface area (Å²) in [6.45, 7) is 2.41. The van der Waals surface area contributed by atoms with Crippen LogP contribution >= 0.6 is 0 Å². The normalized spacial score (nSPS) is 9.38. The number of nitrogens with one attached hydrogen (secondary N) is 1. The fourth-order valence-electron chi connectivity index (χ4n) is 1.08. The Balaban J connectivity index is 3.10. The SMILES string of the molecule is CCOc1cccc(C=O)c1NN. The lowest BCUT2D eigenvalue weighted by Gasteiger charge is -2.10. The van der Waals surface area contributed by atoms with Crippen LogP contribution in [0.5, 0.6) is 5.75 Å². The van der Waals surface area contributed by atoms with Gasteiger partial charge >= 0.3 is 0 Å². The quantitative estimate of drug-likeness (QED) is 0.415. The van der Waals surface area contributed by atoms with Crippen molar-refractivity contribution in [3.63, 3.8) is 0 Å². The summed E-state index contributed by atoms with van der Waals surface area (Å²) in [7, 11) is 0. The molecule has 0 aliphatic heterocycles. The summed E-state index contributed by atoms with van der Waals surface area (Å²) in [4.78, 5) is 10.6. The molecule has 0 spiro atoms. The predicted octanol–water partition coefficient (Wildman–Crippen LogP) is 1.18. The van der Waals surface area contributed by atoms with Crippen LogP contribution in [0.2, 0.25) is 0 Å². The van der Waals surface area contributed by atoms with Gasteiger partial charge in [0, 0.05) is 5.56 Å². The molecule has 13 heavy (non-hydrogen) atoms. The Morgan fingerprint density at radius 1 is 1.62 bits per heavy atom. The molecule has 0 aliphatic carbocycles. The second-order valence-corrected chi connectivity index (χ2v) is 2.42. The lowest BCUT2D eigenvalue weighted by Crippen LogP contribution is -2.11. The Hall–Kier alpha value is -1.55. The monoisotopic (exact) mass is 180 g/mol. The number of para-hydroxylation sites is 1. The first-order valence-electron chi connectivity index (χ1n) is 4.01. The highest BCUT2D eigenvalue weighted by Gasteiger charge is 2.06. The molecule has 4 nitrogen and oxygen atoms in total. The molecule has 0 atom stereocenters. The minimum Gasteiger partial charge on any atom is -0.492 e. The van der Waals surface area contributed by atoms with Gasteiger partial charge in [-0.3, -0.25) is 10.6 Å². The molecule has 0 unspecified atom stereocenters. The van der Waals surface area contributed by atoms with Gasteiger partial charge in [0.2, 0.25) is 0 Å². The molecule has 0 aliphatic rings. The van der Waals surface area contributed by atoms with Crippen molar-refractivity contribution >= 4 is 12.0 Å². The van der Waals surface area contributed by atoms with E-state index < -0.39 is 0 Å². The average Bonchev–Trinajstić information content (AvgIpc) is 2.18. The van der Waals surface area contributed by atoms with E-state index in [-0.39, 0.29) is 0 Å². The van der Waals surface area contributed by atoms with Crippen LogP contribution in [-0.2, 0) is 0 Å². The van der Waals surface area contributed by atoms with E-state index >= 15 is 0 Å². The van der Waals surface area contributed by atoms with E-state index in [1.54, 1.807) is 18.2 Å². The molecule has 4 heteroatoms. The highest BCUT2D eigenvalue weighted by molar-refractivity contribution is 5.86. The maximum absolute atomic E-state index is 10.6. The van der Waals surface area contributed by atoms with Crippen molar-refractivity contribution in [1.29, 1.82) is 0 Å². The number of ether oxygens (including phenoxy) is 1. The molecule has 1 aromatic rings. The van der Waals surface area contributed by atoms with Gasteiger partial charge in [0.05, 0.1) is 6.61 Å². The summed E-state index contributed by atoms with van der Waals surface area (Å²) in [5.74, 6) is 5.86. The molecule has 1 rings (SSSR count). The number of anilines is 1. The van der Waals surface area contributed by atoms with Gasteiger partial charge < -0.3 is 10.2 Å². The molecule has 0 amide bonds. The van der Waals surface area contributed by atoms with E-state index in [2.05, 4.69) is 5.43 Å². The van der Waals surface area contributed by atoms with Gasteiger partial charge in [0.1, 0.15) is 11.4 Å². The number of carbonyl (C=O) groups is 1. The third kappa shape index (κ3) is 1.97. The topological polar surface area (TPSA) is 64.3 Å². The van der Waals surface area contributed by atoms with E-state index in [1.807, 2.05) is 6.92 Å². The zero-order valence-corrected chi connectivity index (χ0v) is 7.41. The number of hydrogen-bond acceptors (Lipinski definition) is 4. The summed E-state index contributed by atoms with van der Waals surface area (Å²) in [6.07, 6.45) is 0.734. The van der Waals surface area contributed by atoms with E-state index in [0.717, 1.165) is 6.29 Å². The number of hydrogen-bond donors (Lipinski definition) is 2. The maximum Gasteiger partial charge on any atom is 0.152 e. The van der Waals surface area contributed by atoms with Gasteiger partial charge in [-0.1, -0.05) is 6.07 Å². The number of hydrazine groups is 1. The molecule has 0 heterocycles. The fourth-order valence-corrected chi connectivity index (χ4v) is 1.08. The summed E-state index contributed by atoms with van der Waals surface area (Å²) in [6, 6.07) is 5.17. The molecular weight excluding hydrogens is 168 g/mol. The largest absolute Gasteiger partial charge is 0.492 e. The molecule has 0 aromatic heterocycles. The molecule has 0 fully saturated rings. The molecular formula is C9H12N2O2. The maximum atomic E-state index is 10.6. The van der Waals surface area contributed by atoms with Crippen molar-refractivity contribution in [1.82, 2.24) is 0 Å². The van der Waals surface area contributed by atoms with Crippen LogP contribution < -0.4 is 16.0 Å². The molecule has 0 bridgehead atoms. The zero-order valence-electron chi connectivity index (χ0n) is 7.41. The van der Waals surface area contributed by atoms with Crippen molar-refractivity contribution < 1.29 is 9.53 Å². The number of rotatable bonds is 4. The van der Waals surface area contributed by atoms with Gasteiger partial charge in [0.15, 0.2) is 6.29 Å². The summed E-state index contributed by atoms with van der Waals surface area (Å²) < 4.78 is 5.27. The third-order valence-corrected chi connectivity index (χ3v) is 1.63. The number of nitrogens with two attached hydrogens (primary N) is 1. The summed E-state index contributed by atoms with van der Waals surface area (Å²) >= 11 is 0. The zero-order chi connectivity index (χ0) is 9.68. The van der Waals surface area contributed by atoms with Crippen LogP contribution in [0, 0.1) is 0 Å². The minimum absolute atomic E-state index is 0.494. The minimum atomic E-state index is 0.494. The van der Waals surface area contributed by atoms with Crippen LogP contribution in [0.1, 0.15) is 17.3 Å².